The number of rotatable bonds is 7. The van der Waals surface area contributed by atoms with Crippen LogP contribution in [-0.2, 0) is 42.6 Å². The van der Waals surface area contributed by atoms with Crippen molar-refractivity contribution in [3.8, 4) is 0 Å². The summed E-state index contributed by atoms with van der Waals surface area (Å²) in [6, 6.07) is 18.4. The van der Waals surface area contributed by atoms with E-state index in [1.165, 1.54) is 21.9 Å². The molecule has 2 aliphatic rings. The summed E-state index contributed by atoms with van der Waals surface area (Å²) in [6.45, 7) is 5.24. The monoisotopic (exact) mass is 773 g/mol. The Kier molecular flexibility index (Phi) is 9.99. The molecule has 0 unspecified atom stereocenters. The first-order valence-corrected chi connectivity index (χ1v) is 20.6. The van der Waals surface area contributed by atoms with Gasteiger partial charge in [-0.15, -0.1) is 11.3 Å². The van der Waals surface area contributed by atoms with E-state index < -0.39 is 69.1 Å². The molecule has 16 heteroatoms. The molecule has 1 saturated heterocycles. The average Bonchev–Trinajstić information content (AvgIpc) is 3.52. The highest BCUT2D eigenvalue weighted by Crippen LogP contribution is 2.59. The third kappa shape index (κ3) is 7.29. The molecule has 3 N–H and O–H groups in total. The minimum atomic E-state index is -5.81. The molecular formula is C36H38F2N3O8PS2. The van der Waals surface area contributed by atoms with E-state index in [9.17, 15) is 45.9 Å². The number of hydrogen-bond acceptors (Lipinski definition) is 7. The molecule has 1 aromatic heterocycles. The van der Waals surface area contributed by atoms with Crippen LogP contribution in [0, 0.1) is 5.41 Å². The number of hydrogen-bond donors (Lipinski definition) is 3. The lowest BCUT2D eigenvalue weighted by molar-refractivity contribution is -0.149. The smallest absolute Gasteiger partial charge is 0.339 e. The number of amides is 3. The van der Waals surface area contributed by atoms with E-state index in [0.29, 0.717) is 10.3 Å². The highest BCUT2D eigenvalue weighted by Gasteiger charge is 2.50. The Balaban J connectivity index is 1.29. The Hall–Kier alpha value is -4.01. The number of nitrogens with zero attached hydrogens (tertiary/aromatic N) is 2. The minimum Gasteiger partial charge on any atom is -0.339 e. The molecule has 11 nitrogen and oxygen atoms in total. The molecule has 0 radical (unpaired) electrons. The molecule has 3 aromatic carbocycles. The quantitative estimate of drug-likeness (QED) is 0.216. The van der Waals surface area contributed by atoms with Crippen molar-refractivity contribution in [3.63, 3.8) is 0 Å². The maximum Gasteiger partial charge on any atom is 0.399 e. The number of carbonyl (C=O) groups is 3. The number of thiophene rings is 1. The van der Waals surface area contributed by atoms with E-state index in [4.69, 9.17) is 0 Å². The maximum absolute atomic E-state index is 14.6. The first-order valence-electron chi connectivity index (χ1n) is 16.5. The molecule has 2 aliphatic heterocycles. The predicted molar refractivity (Wildman–Crippen MR) is 193 cm³/mol. The zero-order valence-electron chi connectivity index (χ0n) is 28.5. The summed E-state index contributed by atoms with van der Waals surface area (Å²) in [5, 5.41) is 2.05. The number of nitrogens with one attached hydrogen (secondary N) is 1. The van der Waals surface area contributed by atoms with Gasteiger partial charge in [0.1, 0.15) is 17.3 Å². The van der Waals surface area contributed by atoms with Gasteiger partial charge >= 0.3 is 13.3 Å². The van der Waals surface area contributed by atoms with E-state index in [1.807, 2.05) is 24.3 Å². The lowest BCUT2D eigenvalue weighted by atomic mass is 9.84. The Morgan fingerprint density at radius 3 is 2.27 bits per heavy atom. The lowest BCUT2D eigenvalue weighted by Crippen LogP contribution is -2.61. The van der Waals surface area contributed by atoms with Crippen molar-refractivity contribution in [3.05, 3.63) is 106 Å². The fourth-order valence-electron chi connectivity index (χ4n) is 6.68. The van der Waals surface area contributed by atoms with Gasteiger partial charge in [0.2, 0.25) is 11.8 Å². The molecule has 0 aliphatic carbocycles. The fraction of sp³-hybridized carbons (Fsp3) is 0.361. The van der Waals surface area contributed by atoms with Gasteiger partial charge in [-0.3, -0.25) is 18.9 Å². The zero-order chi connectivity index (χ0) is 37.8. The molecule has 3 amide bonds. The molecule has 0 saturated carbocycles. The van der Waals surface area contributed by atoms with Gasteiger partial charge in [0.05, 0.1) is 10.6 Å². The van der Waals surface area contributed by atoms with Crippen LogP contribution in [0.2, 0.25) is 0 Å². The van der Waals surface area contributed by atoms with Crippen molar-refractivity contribution >= 4 is 56.6 Å². The van der Waals surface area contributed by atoms with E-state index in [2.05, 4.69) is 5.32 Å². The number of benzene rings is 3. The summed E-state index contributed by atoms with van der Waals surface area (Å²) in [5.74, 6) is -1.83. The second-order valence-corrected chi connectivity index (χ2v) is 19.3. The predicted octanol–water partition coefficient (Wildman–Crippen LogP) is 5.22. The van der Waals surface area contributed by atoms with Gasteiger partial charge < -0.3 is 24.9 Å². The van der Waals surface area contributed by atoms with Crippen LogP contribution in [0.25, 0.3) is 10.1 Å². The Morgan fingerprint density at radius 1 is 0.962 bits per heavy atom. The van der Waals surface area contributed by atoms with E-state index in [-0.39, 0.29) is 42.1 Å². The number of carbonyl (C=O) groups excluding carboxylic acids is 3. The van der Waals surface area contributed by atoms with Gasteiger partial charge in [-0.25, -0.2) is 8.42 Å². The zero-order valence-corrected chi connectivity index (χ0v) is 31.1. The van der Waals surface area contributed by atoms with Crippen LogP contribution >= 0.6 is 18.9 Å². The molecule has 6 rings (SSSR count). The van der Waals surface area contributed by atoms with E-state index >= 15 is 0 Å². The topological polar surface area (TPSA) is 161 Å². The van der Waals surface area contributed by atoms with Gasteiger partial charge in [0, 0.05) is 36.3 Å². The van der Waals surface area contributed by atoms with Crippen molar-refractivity contribution in [1.29, 1.82) is 0 Å². The number of fused-ring (bicyclic) bond motifs is 2. The SMILES string of the molecule is CC(C)(C)[C@H](NC(=O)c1cc2cc(C(F)(F)P(=O)(O)O)ccc2s1)C(=O)N1Cc2ccccc2C[C@H]1C(=O)N1CCS(=O)(=O)[C@H](c2ccccc2)C1. The molecule has 4 aromatic rings. The van der Waals surface area contributed by atoms with Crippen LogP contribution in [-0.4, -0.2) is 76.7 Å². The second-order valence-electron chi connectivity index (χ2n) is 14.2. The molecule has 0 bridgehead atoms. The maximum atomic E-state index is 14.6. The third-order valence-electron chi connectivity index (χ3n) is 9.61. The van der Waals surface area contributed by atoms with Crippen LogP contribution in [0.5, 0.6) is 0 Å². The summed E-state index contributed by atoms with van der Waals surface area (Å²) in [6.07, 6.45) is 0.183. The normalized spacial score (nSPS) is 19.9. The van der Waals surface area contributed by atoms with E-state index in [0.717, 1.165) is 34.6 Å². The molecule has 276 valence electrons. The van der Waals surface area contributed by atoms with Crippen molar-refractivity contribution in [2.24, 2.45) is 5.41 Å². The van der Waals surface area contributed by atoms with Crippen molar-refractivity contribution in [2.45, 2.75) is 56.7 Å². The van der Waals surface area contributed by atoms with Crippen LogP contribution in [0.1, 0.15) is 57.9 Å². The molecular weight excluding hydrogens is 736 g/mol. The minimum absolute atomic E-state index is 0.0299. The molecule has 1 fully saturated rings. The van der Waals surface area contributed by atoms with Gasteiger partial charge in [-0.05, 0) is 45.7 Å². The summed E-state index contributed by atoms with van der Waals surface area (Å²) in [4.78, 5) is 64.1. The first kappa shape index (κ1) is 37.7. The Morgan fingerprint density at radius 2 is 1.62 bits per heavy atom. The number of sulfone groups is 1. The van der Waals surface area contributed by atoms with Gasteiger partial charge in [0.25, 0.3) is 5.91 Å². The highest BCUT2D eigenvalue weighted by molar-refractivity contribution is 7.91. The third-order valence-corrected chi connectivity index (χ3v) is 13.8. The highest BCUT2D eigenvalue weighted by atomic mass is 32.2. The van der Waals surface area contributed by atoms with Gasteiger partial charge in [-0.1, -0.05) is 81.4 Å². The summed E-state index contributed by atoms with van der Waals surface area (Å²) in [5.41, 5.74) is -3.92. The van der Waals surface area contributed by atoms with Crippen LogP contribution < -0.4 is 5.32 Å². The van der Waals surface area contributed by atoms with Gasteiger partial charge in [-0.2, -0.15) is 8.78 Å². The molecule has 3 heterocycles. The Bertz CT molecular complexity index is 2200. The van der Waals surface area contributed by atoms with Crippen LogP contribution in [0.3, 0.4) is 0 Å². The second kappa shape index (κ2) is 13.8. The summed E-state index contributed by atoms with van der Waals surface area (Å²) in [7, 11) is -9.36. The largest absolute Gasteiger partial charge is 0.399 e. The van der Waals surface area contributed by atoms with Crippen LogP contribution in [0.4, 0.5) is 8.78 Å². The molecule has 0 spiro atoms. The summed E-state index contributed by atoms with van der Waals surface area (Å²) < 4.78 is 66.9. The fourth-order valence-corrected chi connectivity index (χ4v) is 9.84. The molecule has 52 heavy (non-hydrogen) atoms. The van der Waals surface area contributed by atoms with E-state index in [1.54, 1.807) is 51.1 Å². The molecule has 3 atom stereocenters. The number of halogens is 2. The van der Waals surface area contributed by atoms with Crippen molar-refractivity contribution in [2.75, 3.05) is 18.8 Å². The van der Waals surface area contributed by atoms with Crippen molar-refractivity contribution in [1.82, 2.24) is 15.1 Å². The Labute approximate surface area is 303 Å². The number of alkyl halides is 2. The summed E-state index contributed by atoms with van der Waals surface area (Å²) >= 11 is 0.959. The van der Waals surface area contributed by atoms with Gasteiger partial charge in [0.15, 0.2) is 9.84 Å². The van der Waals surface area contributed by atoms with Crippen molar-refractivity contribution < 1.29 is 45.9 Å². The lowest BCUT2D eigenvalue weighted by Gasteiger charge is -2.43. The first-order chi connectivity index (χ1) is 24.3. The average molecular weight is 774 g/mol. The standard InChI is InChI=1S/C36H38F2N3O8PS2/c1-35(2,3)31(39-32(42)29-19-25-17-26(13-14-28(25)51-29)36(37,38)50(45,46)47)34(44)41-20-24-12-8-7-11-23(24)18-27(41)33(43)40-15-16-52(48,49)30(21-40)22-9-5-4-6-10-22/h4-14,17,19,27,30-31H,15-16,18,20-21H2,1-3H3,(H,39,42)(H2,45,46,47)/t27-,30-,31+/m0/s1. The van der Waals surface area contributed by atoms with Crippen LogP contribution in [0.15, 0.2) is 78.9 Å².